The second-order valence-corrected chi connectivity index (χ2v) is 10.2. The molecule has 13 heteroatoms. The number of nitrogens with one attached hydrogen (secondary N) is 1. The zero-order valence-corrected chi connectivity index (χ0v) is 19.0. The average molecular weight is 504 g/mol. The molecule has 1 aliphatic heterocycles. The highest BCUT2D eigenvalue weighted by Crippen LogP contribution is 2.30. The molecule has 0 saturated carbocycles. The first kappa shape index (κ1) is 23.2. The monoisotopic (exact) mass is 504 g/mol. The molecule has 0 spiro atoms. The Balaban J connectivity index is 1.37. The molecule has 2 aromatic heterocycles. The van der Waals surface area contributed by atoms with Crippen molar-refractivity contribution in [2.45, 2.75) is 30.2 Å². The first-order valence-electron chi connectivity index (χ1n) is 10.8. The van der Waals surface area contributed by atoms with Gasteiger partial charge in [0.15, 0.2) is 28.6 Å². The Morgan fingerprint density at radius 3 is 2.34 bits per heavy atom. The number of piperidine rings is 1. The summed E-state index contributed by atoms with van der Waals surface area (Å²) < 4.78 is 68.7. The van der Waals surface area contributed by atoms with E-state index in [9.17, 15) is 26.4 Å². The molecular weight excluding hydrogens is 485 g/mol. The van der Waals surface area contributed by atoms with E-state index in [1.54, 1.807) is 0 Å². The van der Waals surface area contributed by atoms with Gasteiger partial charge in [0, 0.05) is 19.0 Å². The molecule has 9 nitrogen and oxygen atoms in total. The maximum absolute atomic E-state index is 13.6. The van der Waals surface area contributed by atoms with Crippen molar-refractivity contribution in [3.05, 3.63) is 81.7 Å². The van der Waals surface area contributed by atoms with E-state index < -0.39 is 37.9 Å². The van der Waals surface area contributed by atoms with Crippen LogP contribution in [0.2, 0.25) is 0 Å². The van der Waals surface area contributed by atoms with Crippen molar-refractivity contribution < 1.29 is 21.6 Å². The van der Waals surface area contributed by atoms with Crippen molar-refractivity contribution >= 4 is 21.2 Å². The number of aromatic amines is 1. The van der Waals surface area contributed by atoms with Gasteiger partial charge in [-0.15, -0.1) is 5.10 Å². The van der Waals surface area contributed by atoms with E-state index in [4.69, 9.17) is 0 Å². The van der Waals surface area contributed by atoms with Crippen LogP contribution in [0.3, 0.4) is 0 Å². The third kappa shape index (κ3) is 4.32. The van der Waals surface area contributed by atoms with Crippen LogP contribution in [0.4, 0.5) is 13.2 Å². The zero-order chi connectivity index (χ0) is 24.7. The van der Waals surface area contributed by atoms with Crippen LogP contribution in [-0.2, 0) is 16.6 Å². The summed E-state index contributed by atoms with van der Waals surface area (Å²) in [5.41, 5.74) is 0.928. The van der Waals surface area contributed by atoms with Crippen LogP contribution < -0.4 is 5.56 Å². The summed E-state index contributed by atoms with van der Waals surface area (Å²) >= 11 is 0. The molecule has 0 radical (unpaired) electrons. The first-order valence-corrected chi connectivity index (χ1v) is 12.2. The average Bonchev–Trinajstić information content (AvgIpc) is 3.26. The molecule has 1 saturated heterocycles. The van der Waals surface area contributed by atoms with Crippen LogP contribution in [0.25, 0.3) is 11.2 Å². The number of benzene rings is 2. The lowest BCUT2D eigenvalue weighted by Crippen LogP contribution is -2.38. The second kappa shape index (κ2) is 8.89. The summed E-state index contributed by atoms with van der Waals surface area (Å²) in [5, 5.41) is 7.97. The SMILES string of the molecule is O=c1[nH]c(C2CCN(S(=O)(=O)c3cc(F)c(F)c(F)c3)CC2)nc2c1nnn2Cc1ccccc1. The summed E-state index contributed by atoms with van der Waals surface area (Å²) in [7, 11) is -4.23. The maximum Gasteiger partial charge on any atom is 0.281 e. The van der Waals surface area contributed by atoms with E-state index in [-0.39, 0.29) is 24.5 Å². The number of sulfonamides is 1. The molecule has 4 aromatic rings. The van der Waals surface area contributed by atoms with Gasteiger partial charge < -0.3 is 4.98 Å². The Morgan fingerprint density at radius 1 is 1.03 bits per heavy atom. The molecule has 35 heavy (non-hydrogen) atoms. The van der Waals surface area contributed by atoms with Crippen molar-refractivity contribution in [3.63, 3.8) is 0 Å². The Labute approximate surface area is 197 Å². The third-order valence-corrected chi connectivity index (χ3v) is 7.88. The minimum absolute atomic E-state index is 0.0247. The lowest BCUT2D eigenvalue weighted by Gasteiger charge is -2.30. The van der Waals surface area contributed by atoms with Crippen molar-refractivity contribution in [3.8, 4) is 0 Å². The van der Waals surface area contributed by atoms with E-state index in [1.165, 1.54) is 4.68 Å². The quantitative estimate of drug-likeness (QED) is 0.418. The van der Waals surface area contributed by atoms with Gasteiger partial charge in [-0.25, -0.2) is 31.3 Å². The molecule has 3 heterocycles. The summed E-state index contributed by atoms with van der Waals surface area (Å²) in [5.74, 6) is -4.76. The molecule has 0 amide bonds. The van der Waals surface area contributed by atoms with Crippen molar-refractivity contribution in [2.75, 3.05) is 13.1 Å². The van der Waals surface area contributed by atoms with E-state index in [2.05, 4.69) is 20.3 Å². The molecule has 0 atom stereocenters. The number of rotatable bonds is 5. The van der Waals surface area contributed by atoms with Gasteiger partial charge in [0.25, 0.3) is 5.56 Å². The van der Waals surface area contributed by atoms with Gasteiger partial charge in [0.2, 0.25) is 10.0 Å². The van der Waals surface area contributed by atoms with Gasteiger partial charge in [-0.1, -0.05) is 35.5 Å². The maximum atomic E-state index is 13.6. The number of aromatic nitrogens is 5. The van der Waals surface area contributed by atoms with Crippen molar-refractivity contribution in [2.24, 2.45) is 0 Å². The second-order valence-electron chi connectivity index (χ2n) is 8.24. The zero-order valence-electron chi connectivity index (χ0n) is 18.2. The van der Waals surface area contributed by atoms with E-state index in [1.807, 2.05) is 30.3 Å². The third-order valence-electron chi connectivity index (χ3n) is 6.00. The highest BCUT2D eigenvalue weighted by Gasteiger charge is 2.32. The summed E-state index contributed by atoms with van der Waals surface area (Å²) in [6, 6.07) is 10.4. The Kier molecular flexibility index (Phi) is 5.89. The van der Waals surface area contributed by atoms with Crippen molar-refractivity contribution in [1.29, 1.82) is 0 Å². The molecule has 2 aromatic carbocycles. The minimum atomic E-state index is -4.23. The van der Waals surface area contributed by atoms with Crippen LogP contribution in [0.15, 0.2) is 52.2 Å². The minimum Gasteiger partial charge on any atom is -0.308 e. The van der Waals surface area contributed by atoms with Gasteiger partial charge in [-0.3, -0.25) is 4.79 Å². The number of H-pyrrole nitrogens is 1. The molecule has 5 rings (SSSR count). The predicted octanol–water partition coefficient (Wildman–Crippen LogP) is 2.55. The Bertz CT molecular complexity index is 1540. The largest absolute Gasteiger partial charge is 0.308 e. The number of fused-ring (bicyclic) bond motifs is 1. The fraction of sp³-hybridized carbons (Fsp3) is 0.273. The van der Waals surface area contributed by atoms with Crippen LogP contribution in [0.1, 0.15) is 30.1 Å². The molecule has 182 valence electrons. The normalized spacial score (nSPS) is 15.6. The van der Waals surface area contributed by atoms with E-state index >= 15 is 0 Å². The van der Waals surface area contributed by atoms with Crippen LogP contribution in [0.5, 0.6) is 0 Å². The molecule has 1 fully saturated rings. The first-order chi connectivity index (χ1) is 16.7. The number of nitrogens with zero attached hydrogens (tertiary/aromatic N) is 5. The topological polar surface area (TPSA) is 114 Å². The Morgan fingerprint density at radius 2 is 1.69 bits per heavy atom. The number of halogens is 3. The summed E-state index contributed by atoms with van der Waals surface area (Å²) in [6.07, 6.45) is 0.611. The van der Waals surface area contributed by atoms with Gasteiger partial charge in [-0.2, -0.15) is 4.31 Å². The fourth-order valence-electron chi connectivity index (χ4n) is 4.14. The number of hydrogen-bond donors (Lipinski definition) is 1. The van der Waals surface area contributed by atoms with Crippen LogP contribution in [0, 0.1) is 17.5 Å². The smallest absolute Gasteiger partial charge is 0.281 e. The molecule has 1 aliphatic rings. The van der Waals surface area contributed by atoms with E-state index in [0.717, 1.165) is 9.87 Å². The van der Waals surface area contributed by atoms with Crippen LogP contribution >= 0.6 is 0 Å². The molecule has 0 unspecified atom stereocenters. The van der Waals surface area contributed by atoms with Gasteiger partial charge in [0.1, 0.15) is 5.82 Å². The molecule has 1 N–H and O–H groups in total. The Hall–Kier alpha value is -3.58. The lowest BCUT2D eigenvalue weighted by atomic mass is 9.97. The molecule has 0 aliphatic carbocycles. The summed E-state index contributed by atoms with van der Waals surface area (Å²) in [4.78, 5) is 19.2. The predicted molar refractivity (Wildman–Crippen MR) is 119 cm³/mol. The highest BCUT2D eigenvalue weighted by molar-refractivity contribution is 7.89. The molecule has 0 bridgehead atoms. The van der Waals surface area contributed by atoms with Crippen molar-refractivity contribution in [1.82, 2.24) is 29.3 Å². The standard InChI is InChI=1S/C22H19F3N6O3S/c23-16-10-15(11-17(24)18(16)25)35(33,34)30-8-6-14(7-9-30)20-26-21-19(22(32)27-20)28-29-31(21)12-13-4-2-1-3-5-13/h1-5,10-11,14H,6-9,12H2,(H,26,27,32). The van der Waals surface area contributed by atoms with Gasteiger partial charge in [-0.05, 0) is 30.5 Å². The molecular formula is C22H19F3N6O3S. The van der Waals surface area contributed by atoms with E-state index in [0.29, 0.717) is 43.0 Å². The fourth-order valence-corrected chi connectivity index (χ4v) is 5.63. The van der Waals surface area contributed by atoms with Gasteiger partial charge >= 0.3 is 0 Å². The van der Waals surface area contributed by atoms with Crippen LogP contribution in [-0.4, -0.2) is 50.8 Å². The lowest BCUT2D eigenvalue weighted by molar-refractivity contribution is 0.313. The summed E-state index contributed by atoms with van der Waals surface area (Å²) in [6.45, 7) is 0.419. The highest BCUT2D eigenvalue weighted by atomic mass is 32.2. The van der Waals surface area contributed by atoms with Gasteiger partial charge in [0.05, 0.1) is 11.4 Å². The number of hydrogen-bond acceptors (Lipinski definition) is 6.